The van der Waals surface area contributed by atoms with Crippen LogP contribution >= 0.6 is 15.9 Å². The van der Waals surface area contributed by atoms with E-state index in [0.29, 0.717) is 0 Å². The van der Waals surface area contributed by atoms with Crippen molar-refractivity contribution in [1.82, 2.24) is 0 Å². The molecular weight excluding hydrogens is 296 g/mol. The van der Waals surface area contributed by atoms with Crippen molar-refractivity contribution in [2.24, 2.45) is 0 Å². The fraction of sp³-hybridized carbons (Fsp3) is 0.538. The molecule has 0 heterocycles. The summed E-state index contributed by atoms with van der Waals surface area (Å²) < 4.78 is 11.9. The zero-order valence-electron chi connectivity index (χ0n) is 10.9. The van der Waals surface area contributed by atoms with Gasteiger partial charge in [-0.3, -0.25) is 0 Å². The molecule has 1 aromatic carbocycles. The van der Waals surface area contributed by atoms with Crippen LogP contribution in [0.4, 0.5) is 0 Å². The normalized spacial score (nSPS) is 11.8. The topological polar surface area (TPSA) is 18.5 Å². The van der Waals surface area contributed by atoms with Crippen molar-refractivity contribution in [1.29, 1.82) is 0 Å². The number of hydrogen-bond acceptors (Lipinski definition) is 2. The van der Waals surface area contributed by atoms with Crippen molar-refractivity contribution in [3.63, 3.8) is 0 Å². The third-order valence-corrected chi connectivity index (χ3v) is 4.97. The summed E-state index contributed by atoms with van der Waals surface area (Å²) in [6, 6.07) is 8.31. The van der Waals surface area contributed by atoms with Gasteiger partial charge in [-0.1, -0.05) is 40.2 Å². The second-order valence-corrected chi connectivity index (χ2v) is 6.56. The Bertz CT molecular complexity index is 332. The monoisotopic (exact) mass is 315 g/mol. The zero-order valence-corrected chi connectivity index (χ0v) is 13.5. The van der Waals surface area contributed by atoms with Gasteiger partial charge in [0.25, 0.3) is 0 Å². The predicted octanol–water partition coefficient (Wildman–Crippen LogP) is 3.13. The third-order valence-electron chi connectivity index (χ3n) is 2.07. The highest BCUT2D eigenvalue weighted by Crippen LogP contribution is 2.08. The summed E-state index contributed by atoms with van der Waals surface area (Å²) in [5, 5.41) is 2.04. The van der Waals surface area contributed by atoms with E-state index in [0.717, 1.165) is 5.33 Å². The Labute approximate surface area is 114 Å². The lowest BCUT2D eigenvalue weighted by molar-refractivity contribution is 0.139. The standard InChI is InChI=1S/C13H20BrO2Si/c1-10(2)15-17(16-11(3)4)13-8-6-5-7-12(13)9-14/h5-8,10-11H,9H2,1-4H3. The molecule has 0 aliphatic heterocycles. The van der Waals surface area contributed by atoms with E-state index in [9.17, 15) is 0 Å². The van der Waals surface area contributed by atoms with E-state index in [4.69, 9.17) is 8.85 Å². The van der Waals surface area contributed by atoms with Crippen LogP contribution in [-0.2, 0) is 14.2 Å². The molecule has 0 spiro atoms. The maximum Gasteiger partial charge on any atom is 0.424 e. The first kappa shape index (κ1) is 14.9. The highest BCUT2D eigenvalue weighted by Gasteiger charge is 2.24. The van der Waals surface area contributed by atoms with Gasteiger partial charge in [0.15, 0.2) is 0 Å². The fourth-order valence-corrected chi connectivity index (χ4v) is 4.00. The summed E-state index contributed by atoms with van der Waals surface area (Å²) in [5.41, 5.74) is 1.25. The van der Waals surface area contributed by atoms with Crippen molar-refractivity contribution in [3.8, 4) is 0 Å². The number of benzene rings is 1. The Morgan fingerprint density at radius 3 is 2.06 bits per heavy atom. The summed E-state index contributed by atoms with van der Waals surface area (Å²) in [6.07, 6.45) is 0.372. The summed E-state index contributed by atoms with van der Waals surface area (Å²) >= 11 is 3.51. The second-order valence-electron chi connectivity index (χ2n) is 4.41. The molecule has 1 radical (unpaired) electrons. The Kier molecular flexibility index (Phi) is 6.41. The molecule has 0 saturated carbocycles. The van der Waals surface area contributed by atoms with Crippen LogP contribution in [0.15, 0.2) is 24.3 Å². The molecule has 0 aromatic heterocycles. The average molecular weight is 316 g/mol. The van der Waals surface area contributed by atoms with Gasteiger partial charge in [0, 0.05) is 17.5 Å². The minimum atomic E-state index is -1.39. The smallest absolute Gasteiger partial charge is 0.387 e. The Balaban J connectivity index is 2.94. The molecule has 95 valence electrons. The molecule has 0 amide bonds. The van der Waals surface area contributed by atoms with E-state index < -0.39 is 9.28 Å². The van der Waals surface area contributed by atoms with E-state index in [-0.39, 0.29) is 12.2 Å². The molecule has 0 N–H and O–H groups in total. The van der Waals surface area contributed by atoms with E-state index in [1.54, 1.807) is 0 Å². The van der Waals surface area contributed by atoms with Crippen LogP contribution in [0.1, 0.15) is 33.3 Å². The van der Waals surface area contributed by atoms with E-state index >= 15 is 0 Å². The lowest BCUT2D eigenvalue weighted by Gasteiger charge is -2.21. The predicted molar refractivity (Wildman–Crippen MR) is 76.9 cm³/mol. The average Bonchev–Trinajstić information content (AvgIpc) is 2.27. The van der Waals surface area contributed by atoms with Crippen LogP contribution < -0.4 is 5.19 Å². The van der Waals surface area contributed by atoms with Crippen molar-refractivity contribution < 1.29 is 8.85 Å². The lowest BCUT2D eigenvalue weighted by Crippen LogP contribution is -2.42. The first-order valence-electron chi connectivity index (χ1n) is 5.89. The summed E-state index contributed by atoms with van der Waals surface area (Å²) in [7, 11) is -1.39. The molecule has 0 saturated heterocycles. The van der Waals surface area contributed by atoms with E-state index in [1.165, 1.54) is 10.8 Å². The first-order chi connectivity index (χ1) is 8.04. The summed E-state index contributed by atoms with van der Waals surface area (Å²) in [6.45, 7) is 8.19. The van der Waals surface area contributed by atoms with Crippen LogP contribution in [-0.4, -0.2) is 21.5 Å². The Morgan fingerprint density at radius 1 is 1.06 bits per heavy atom. The molecule has 4 heteroatoms. The maximum atomic E-state index is 5.95. The number of hydrogen-bond donors (Lipinski definition) is 0. The van der Waals surface area contributed by atoms with Crippen molar-refractivity contribution in [2.75, 3.05) is 0 Å². The van der Waals surface area contributed by atoms with Gasteiger partial charge >= 0.3 is 9.28 Å². The minimum absolute atomic E-state index is 0.186. The number of rotatable bonds is 6. The quantitative estimate of drug-likeness (QED) is 0.593. The molecule has 0 atom stereocenters. The van der Waals surface area contributed by atoms with Gasteiger partial charge in [-0.2, -0.15) is 0 Å². The first-order valence-corrected chi connectivity index (χ1v) is 8.33. The van der Waals surface area contributed by atoms with Crippen molar-refractivity contribution >= 4 is 30.4 Å². The molecular formula is C13H20BrO2Si. The molecule has 0 fully saturated rings. The SMILES string of the molecule is CC(C)O[Si](OC(C)C)c1ccccc1CBr. The molecule has 2 nitrogen and oxygen atoms in total. The molecule has 1 rings (SSSR count). The maximum absolute atomic E-state index is 5.95. The molecule has 0 unspecified atom stereocenters. The summed E-state index contributed by atoms with van der Waals surface area (Å²) in [4.78, 5) is 0. The van der Waals surface area contributed by atoms with Crippen molar-refractivity contribution in [2.45, 2.75) is 45.2 Å². The zero-order chi connectivity index (χ0) is 12.8. The minimum Gasteiger partial charge on any atom is -0.387 e. The van der Waals surface area contributed by atoms with Crippen LogP contribution in [0.25, 0.3) is 0 Å². The van der Waals surface area contributed by atoms with Gasteiger partial charge in [0.1, 0.15) is 0 Å². The van der Waals surface area contributed by atoms with Gasteiger partial charge in [0.2, 0.25) is 0 Å². The summed E-state index contributed by atoms with van der Waals surface area (Å²) in [5.74, 6) is 0. The molecule has 0 bridgehead atoms. The van der Waals surface area contributed by atoms with E-state index in [1.807, 2.05) is 39.8 Å². The molecule has 1 aromatic rings. The highest BCUT2D eigenvalue weighted by molar-refractivity contribution is 9.08. The Morgan fingerprint density at radius 2 is 1.59 bits per heavy atom. The molecule has 0 aliphatic rings. The second kappa shape index (κ2) is 7.31. The van der Waals surface area contributed by atoms with Crippen LogP contribution in [0.5, 0.6) is 0 Å². The largest absolute Gasteiger partial charge is 0.424 e. The highest BCUT2D eigenvalue weighted by atomic mass is 79.9. The Hall–Kier alpha value is -0.163. The molecule has 17 heavy (non-hydrogen) atoms. The van der Waals surface area contributed by atoms with Crippen LogP contribution in [0, 0.1) is 0 Å². The van der Waals surface area contributed by atoms with Gasteiger partial charge < -0.3 is 8.85 Å². The molecule has 0 aliphatic carbocycles. The number of halogens is 1. The van der Waals surface area contributed by atoms with Crippen LogP contribution in [0.2, 0.25) is 0 Å². The lowest BCUT2D eigenvalue weighted by atomic mass is 10.2. The fourth-order valence-electron chi connectivity index (χ4n) is 1.42. The van der Waals surface area contributed by atoms with Crippen LogP contribution in [0.3, 0.4) is 0 Å². The van der Waals surface area contributed by atoms with Crippen molar-refractivity contribution in [3.05, 3.63) is 29.8 Å². The van der Waals surface area contributed by atoms with Gasteiger partial charge in [-0.15, -0.1) is 0 Å². The third kappa shape index (κ3) is 4.92. The van der Waals surface area contributed by atoms with E-state index in [2.05, 4.69) is 28.1 Å². The van der Waals surface area contributed by atoms with Gasteiger partial charge in [0.05, 0.1) is 0 Å². The number of alkyl halides is 1. The van der Waals surface area contributed by atoms with Gasteiger partial charge in [-0.25, -0.2) is 0 Å². The van der Waals surface area contributed by atoms with Gasteiger partial charge in [-0.05, 0) is 38.4 Å².